The van der Waals surface area contributed by atoms with Crippen LogP contribution in [0.2, 0.25) is 0 Å². The van der Waals surface area contributed by atoms with Gasteiger partial charge >= 0.3 is 0 Å². The lowest BCUT2D eigenvalue weighted by Crippen LogP contribution is -2.36. The lowest BCUT2D eigenvalue weighted by atomic mass is 10.3. The van der Waals surface area contributed by atoms with Crippen molar-refractivity contribution in [3.05, 3.63) is 36.9 Å². The van der Waals surface area contributed by atoms with E-state index in [0.717, 1.165) is 18.6 Å². The number of nitrogens with zero attached hydrogens (tertiary/aromatic N) is 1. The van der Waals surface area contributed by atoms with Crippen molar-refractivity contribution in [2.45, 2.75) is 42.7 Å². The Morgan fingerprint density at radius 2 is 1.77 bits per heavy atom. The van der Waals surface area contributed by atoms with Crippen LogP contribution in [0.15, 0.2) is 41.8 Å². The van der Waals surface area contributed by atoms with Crippen LogP contribution in [0.1, 0.15) is 25.7 Å². The maximum Gasteiger partial charge on any atom is 0.243 e. The van der Waals surface area contributed by atoms with Crippen LogP contribution >= 0.6 is 0 Å². The van der Waals surface area contributed by atoms with Gasteiger partial charge in [-0.25, -0.2) is 8.42 Å². The molecule has 0 bridgehead atoms. The smallest absolute Gasteiger partial charge is 0.243 e. The summed E-state index contributed by atoms with van der Waals surface area (Å²) in [6.45, 7) is 4.35. The average molecular weight is 376 g/mol. The molecule has 0 spiro atoms. The van der Waals surface area contributed by atoms with Gasteiger partial charge in [0, 0.05) is 19.1 Å². The molecule has 3 aliphatic rings. The minimum atomic E-state index is -3.50. The van der Waals surface area contributed by atoms with Crippen molar-refractivity contribution in [1.29, 1.82) is 0 Å². The topological polar surface area (TPSA) is 75.7 Å². The normalized spacial score (nSPS) is 28.5. The predicted molar refractivity (Wildman–Crippen MR) is 97.2 cm³/mol. The third-order valence-electron chi connectivity index (χ3n) is 5.72. The largest absolute Gasteiger partial charge is 0.490 e. The van der Waals surface area contributed by atoms with E-state index in [1.54, 1.807) is 24.3 Å². The molecule has 6 nitrogen and oxygen atoms in total. The van der Waals surface area contributed by atoms with Crippen molar-refractivity contribution >= 4 is 15.9 Å². The van der Waals surface area contributed by atoms with Gasteiger partial charge in [-0.05, 0) is 67.9 Å². The number of nitrogens with one attached hydrogen (secondary N) is 1. The van der Waals surface area contributed by atoms with Crippen molar-refractivity contribution in [2.24, 2.45) is 11.8 Å². The van der Waals surface area contributed by atoms with Crippen LogP contribution in [-0.2, 0) is 14.8 Å². The maximum absolute atomic E-state index is 12.8. The lowest BCUT2D eigenvalue weighted by molar-refractivity contribution is -0.116. The van der Waals surface area contributed by atoms with E-state index in [4.69, 9.17) is 4.74 Å². The molecular weight excluding hydrogens is 352 g/mol. The second-order valence-corrected chi connectivity index (χ2v) is 9.32. The van der Waals surface area contributed by atoms with Crippen molar-refractivity contribution < 1.29 is 17.9 Å². The maximum atomic E-state index is 12.8. The molecule has 7 heteroatoms. The summed E-state index contributed by atoms with van der Waals surface area (Å²) in [7, 11) is -3.50. The molecule has 1 amide bonds. The highest BCUT2D eigenvalue weighted by Crippen LogP contribution is 2.47. The Labute approximate surface area is 154 Å². The number of rotatable bonds is 6. The van der Waals surface area contributed by atoms with E-state index < -0.39 is 10.0 Å². The first-order chi connectivity index (χ1) is 12.5. The molecule has 2 unspecified atom stereocenters. The van der Waals surface area contributed by atoms with Crippen LogP contribution in [0.5, 0.6) is 5.75 Å². The van der Waals surface area contributed by atoms with Crippen LogP contribution < -0.4 is 10.1 Å². The zero-order valence-electron chi connectivity index (χ0n) is 14.6. The first kappa shape index (κ1) is 17.5. The number of carbonyl (C=O) groups excluding carboxylic acids is 1. The number of benzene rings is 1. The number of carbonyl (C=O) groups is 1. The highest BCUT2D eigenvalue weighted by atomic mass is 32.2. The number of piperidine rings is 1. The first-order valence-electron chi connectivity index (χ1n) is 9.19. The summed E-state index contributed by atoms with van der Waals surface area (Å²) in [6.07, 6.45) is 6.04. The molecule has 2 atom stereocenters. The Balaban J connectivity index is 1.37. The van der Waals surface area contributed by atoms with E-state index in [-0.39, 0.29) is 29.9 Å². The van der Waals surface area contributed by atoms with Crippen molar-refractivity contribution in [3.63, 3.8) is 0 Å². The molecule has 1 aromatic rings. The lowest BCUT2D eigenvalue weighted by Gasteiger charge is -2.20. The van der Waals surface area contributed by atoms with Gasteiger partial charge in [0.05, 0.1) is 11.0 Å². The number of hydrogen-bond donors (Lipinski definition) is 1. The quantitative estimate of drug-likeness (QED) is 0.770. The Bertz CT molecular complexity index is 787. The van der Waals surface area contributed by atoms with Crippen molar-refractivity contribution in [2.75, 3.05) is 13.1 Å². The second-order valence-electron chi connectivity index (χ2n) is 7.38. The highest BCUT2D eigenvalue weighted by Gasteiger charge is 2.58. The third-order valence-corrected chi connectivity index (χ3v) is 7.57. The van der Waals surface area contributed by atoms with Gasteiger partial charge in [-0.3, -0.25) is 4.79 Å². The molecule has 3 fully saturated rings. The molecule has 1 aliphatic heterocycles. The molecule has 2 aliphatic carbocycles. The van der Waals surface area contributed by atoms with E-state index in [0.29, 0.717) is 18.0 Å². The van der Waals surface area contributed by atoms with Crippen LogP contribution in [0, 0.1) is 11.8 Å². The molecule has 4 rings (SSSR count). The number of ether oxygens (including phenoxy) is 1. The van der Waals surface area contributed by atoms with E-state index >= 15 is 0 Å². The van der Waals surface area contributed by atoms with Gasteiger partial charge in [0.1, 0.15) is 5.75 Å². The Morgan fingerprint density at radius 1 is 1.15 bits per heavy atom. The van der Waals surface area contributed by atoms with Gasteiger partial charge in [-0.2, -0.15) is 4.31 Å². The summed E-state index contributed by atoms with van der Waals surface area (Å²) >= 11 is 0. The average Bonchev–Trinajstić information content (AvgIpc) is 3.06. The van der Waals surface area contributed by atoms with Gasteiger partial charge in [0.15, 0.2) is 0 Å². The standard InChI is InChI=1S/C19H24N2O4S/c1-2-18(22)20-19-16-11-21(12-17(16)19)26(23,24)15-9-7-14(8-10-15)25-13-5-3-4-6-13/h2,7-10,13,16-17,19H,1,3-6,11-12H2,(H,20,22). The number of hydrogen-bond acceptors (Lipinski definition) is 4. The monoisotopic (exact) mass is 376 g/mol. The third kappa shape index (κ3) is 3.25. The minimum absolute atomic E-state index is 0.0779. The molecule has 1 N–H and O–H groups in total. The summed E-state index contributed by atoms with van der Waals surface area (Å²) in [5.41, 5.74) is 0. The molecule has 1 heterocycles. The fourth-order valence-electron chi connectivity index (χ4n) is 4.16. The Kier molecular flexibility index (Phi) is 4.52. The number of amides is 1. The van der Waals surface area contributed by atoms with Crippen LogP contribution in [0.3, 0.4) is 0 Å². The number of sulfonamides is 1. The van der Waals surface area contributed by atoms with Crippen molar-refractivity contribution in [3.8, 4) is 5.75 Å². The summed E-state index contributed by atoms with van der Waals surface area (Å²) in [4.78, 5) is 11.7. The van der Waals surface area contributed by atoms with Crippen molar-refractivity contribution in [1.82, 2.24) is 9.62 Å². The van der Waals surface area contributed by atoms with Crippen LogP contribution in [0.25, 0.3) is 0 Å². The van der Waals surface area contributed by atoms with E-state index in [2.05, 4.69) is 11.9 Å². The molecule has 0 aromatic heterocycles. The van der Waals surface area contributed by atoms with Crippen LogP contribution in [0.4, 0.5) is 0 Å². The zero-order chi connectivity index (χ0) is 18.3. The molecule has 26 heavy (non-hydrogen) atoms. The van der Waals surface area contributed by atoms with Gasteiger partial charge in [-0.15, -0.1) is 0 Å². The predicted octanol–water partition coefficient (Wildman–Crippen LogP) is 1.93. The number of fused-ring (bicyclic) bond motifs is 1. The summed E-state index contributed by atoms with van der Waals surface area (Å²) < 4.78 is 33.1. The fraction of sp³-hybridized carbons (Fsp3) is 0.526. The van der Waals surface area contributed by atoms with Gasteiger partial charge in [0.2, 0.25) is 15.9 Å². The summed E-state index contributed by atoms with van der Waals surface area (Å²) in [6, 6.07) is 6.82. The summed E-state index contributed by atoms with van der Waals surface area (Å²) in [5.74, 6) is 0.946. The molecular formula is C19H24N2O4S. The van der Waals surface area contributed by atoms with E-state index in [1.807, 2.05) is 0 Å². The minimum Gasteiger partial charge on any atom is -0.490 e. The highest BCUT2D eigenvalue weighted by molar-refractivity contribution is 7.89. The second kappa shape index (κ2) is 6.70. The van der Waals surface area contributed by atoms with Gasteiger partial charge < -0.3 is 10.1 Å². The first-order valence-corrected chi connectivity index (χ1v) is 10.6. The fourth-order valence-corrected chi connectivity index (χ4v) is 5.67. The van der Waals surface area contributed by atoms with Gasteiger partial charge in [0.25, 0.3) is 0 Å². The molecule has 1 aromatic carbocycles. The Hall–Kier alpha value is -1.86. The molecule has 2 saturated carbocycles. The van der Waals surface area contributed by atoms with E-state index in [1.165, 1.54) is 23.2 Å². The Morgan fingerprint density at radius 3 is 2.35 bits per heavy atom. The molecule has 1 saturated heterocycles. The zero-order valence-corrected chi connectivity index (χ0v) is 15.5. The molecule has 0 radical (unpaired) electrons. The van der Waals surface area contributed by atoms with Gasteiger partial charge in [-0.1, -0.05) is 6.58 Å². The summed E-state index contributed by atoms with van der Waals surface area (Å²) in [5, 5.41) is 2.86. The van der Waals surface area contributed by atoms with E-state index in [9.17, 15) is 13.2 Å². The SMILES string of the molecule is C=CC(=O)NC1C2CN(S(=O)(=O)c3ccc(OC4CCCC4)cc3)CC21. The van der Waals surface area contributed by atoms with Crippen LogP contribution in [-0.4, -0.2) is 43.9 Å². The molecule has 140 valence electrons.